The number of β-amino-alcohol motifs (C(OH)–C–C–N with tert-alkyl or cyclic N) is 1. The molecule has 0 aromatic heterocycles. The third kappa shape index (κ3) is 5.50. The first kappa shape index (κ1) is 17.1. The average Bonchev–Trinajstić information content (AvgIpc) is 2.38. The molecule has 19 heavy (non-hydrogen) atoms. The van der Waals surface area contributed by atoms with E-state index in [1.165, 1.54) is 0 Å². The molecule has 0 bridgehead atoms. The van der Waals surface area contributed by atoms with Crippen molar-refractivity contribution in [2.24, 2.45) is 5.92 Å². The molecule has 7 heteroatoms. The number of hydrogen-bond acceptors (Lipinski definition) is 5. The first-order valence-corrected chi connectivity index (χ1v) is 7.50. The van der Waals surface area contributed by atoms with Crippen LogP contribution >= 0.6 is 23.0 Å². The number of aliphatic hydroxyl groups excluding tert-OH is 1. The van der Waals surface area contributed by atoms with Gasteiger partial charge in [0.15, 0.2) is 0 Å². The molecule has 1 fully saturated rings. The lowest BCUT2D eigenvalue weighted by atomic mass is 10.2. The quantitative estimate of drug-likeness (QED) is 0.670. The SMILES string of the molecule is CC(C)C(=O)N(C)N1CCN(CC(O)COI)CC1. The molecule has 112 valence electrons. The Morgan fingerprint density at radius 3 is 2.42 bits per heavy atom. The minimum atomic E-state index is -0.446. The van der Waals surface area contributed by atoms with Crippen molar-refractivity contribution in [3.63, 3.8) is 0 Å². The molecule has 1 amide bonds. The lowest BCUT2D eigenvalue weighted by Gasteiger charge is -2.40. The summed E-state index contributed by atoms with van der Waals surface area (Å²) in [6.45, 7) is 8.14. The summed E-state index contributed by atoms with van der Waals surface area (Å²) in [4.78, 5) is 14.1. The molecule has 1 unspecified atom stereocenters. The minimum absolute atomic E-state index is 0.0191. The number of hydrazine groups is 1. The van der Waals surface area contributed by atoms with Crippen LogP contribution in [0.1, 0.15) is 13.8 Å². The van der Waals surface area contributed by atoms with Crippen molar-refractivity contribution in [2.75, 3.05) is 46.4 Å². The van der Waals surface area contributed by atoms with E-state index in [0.29, 0.717) is 13.2 Å². The maximum atomic E-state index is 11.9. The van der Waals surface area contributed by atoms with E-state index in [4.69, 9.17) is 3.07 Å². The van der Waals surface area contributed by atoms with Crippen LogP contribution in [-0.2, 0) is 7.86 Å². The van der Waals surface area contributed by atoms with Gasteiger partial charge in [0.25, 0.3) is 0 Å². The van der Waals surface area contributed by atoms with Crippen molar-refractivity contribution >= 4 is 28.9 Å². The van der Waals surface area contributed by atoms with Gasteiger partial charge in [-0.2, -0.15) is 0 Å². The molecule has 0 aromatic rings. The number of carbonyl (C=O) groups excluding carboxylic acids is 1. The molecular weight excluding hydrogens is 361 g/mol. The topological polar surface area (TPSA) is 56.3 Å². The molecule has 1 N–H and O–H groups in total. The number of rotatable bonds is 6. The lowest BCUT2D eigenvalue weighted by Crippen LogP contribution is -2.55. The average molecular weight is 385 g/mol. The molecule has 0 aromatic carbocycles. The second kappa shape index (κ2) is 8.35. The zero-order valence-electron chi connectivity index (χ0n) is 11.9. The summed E-state index contributed by atoms with van der Waals surface area (Å²) in [6.07, 6.45) is -0.446. The molecule has 0 saturated carbocycles. The first-order valence-electron chi connectivity index (χ1n) is 6.62. The standard InChI is InChI=1S/C12H24IN3O3/c1-10(2)12(18)14(3)16-6-4-15(5-7-16)8-11(17)9-19-13/h10-11,17H,4-9H2,1-3H3. The molecule has 1 saturated heterocycles. The molecule has 1 atom stereocenters. The van der Waals surface area contributed by atoms with E-state index in [0.717, 1.165) is 26.2 Å². The number of hydrogen-bond donors (Lipinski definition) is 1. The molecule has 0 spiro atoms. The highest BCUT2D eigenvalue weighted by Gasteiger charge is 2.25. The summed E-state index contributed by atoms with van der Waals surface area (Å²) >= 11 is 1.79. The first-order chi connectivity index (χ1) is 8.95. The van der Waals surface area contributed by atoms with Crippen molar-refractivity contribution in [3.8, 4) is 0 Å². The third-order valence-corrected chi connectivity index (χ3v) is 3.67. The van der Waals surface area contributed by atoms with Gasteiger partial charge in [-0.05, 0) is 0 Å². The van der Waals surface area contributed by atoms with Crippen molar-refractivity contribution in [2.45, 2.75) is 20.0 Å². The highest BCUT2D eigenvalue weighted by Crippen LogP contribution is 2.08. The van der Waals surface area contributed by atoms with Gasteiger partial charge in [0.1, 0.15) is 23.0 Å². The Labute approximate surface area is 129 Å². The second-order valence-corrected chi connectivity index (χ2v) is 5.82. The smallest absolute Gasteiger partial charge is 0.239 e. The van der Waals surface area contributed by atoms with E-state index in [-0.39, 0.29) is 11.8 Å². The van der Waals surface area contributed by atoms with E-state index in [1.807, 2.05) is 20.9 Å². The van der Waals surface area contributed by atoms with Gasteiger partial charge in [-0.1, -0.05) is 13.8 Å². The zero-order valence-corrected chi connectivity index (χ0v) is 14.0. The molecule has 1 heterocycles. The third-order valence-electron chi connectivity index (χ3n) is 3.31. The van der Waals surface area contributed by atoms with Crippen LogP contribution in [0.15, 0.2) is 0 Å². The van der Waals surface area contributed by atoms with E-state index in [9.17, 15) is 9.90 Å². The highest BCUT2D eigenvalue weighted by atomic mass is 127. The molecule has 1 rings (SSSR count). The summed E-state index contributed by atoms with van der Waals surface area (Å²) < 4.78 is 4.89. The Morgan fingerprint density at radius 2 is 1.95 bits per heavy atom. The van der Waals surface area contributed by atoms with Gasteiger partial charge in [-0.25, -0.2) is 5.01 Å². The molecular formula is C12H24IN3O3. The number of amides is 1. The number of halogens is 1. The maximum Gasteiger partial charge on any atom is 0.239 e. The van der Waals surface area contributed by atoms with Crippen LogP contribution in [0.2, 0.25) is 0 Å². The van der Waals surface area contributed by atoms with Gasteiger partial charge < -0.3 is 8.17 Å². The molecule has 1 aliphatic heterocycles. The number of nitrogens with zero attached hydrogens (tertiary/aromatic N) is 3. The highest BCUT2D eigenvalue weighted by molar-refractivity contribution is 14.1. The van der Waals surface area contributed by atoms with Crippen LogP contribution in [0.5, 0.6) is 0 Å². The zero-order chi connectivity index (χ0) is 14.4. The van der Waals surface area contributed by atoms with Crippen LogP contribution in [0.4, 0.5) is 0 Å². The fourth-order valence-electron chi connectivity index (χ4n) is 2.16. The summed E-state index contributed by atoms with van der Waals surface area (Å²) in [6, 6.07) is 0. The Bertz CT molecular complexity index is 283. The van der Waals surface area contributed by atoms with Gasteiger partial charge in [0, 0.05) is 45.7 Å². The predicted molar refractivity (Wildman–Crippen MR) is 81.6 cm³/mol. The summed E-state index contributed by atoms with van der Waals surface area (Å²) in [5.41, 5.74) is 0. The maximum absolute atomic E-state index is 11.9. The normalized spacial score (nSPS) is 19.7. The van der Waals surface area contributed by atoms with Crippen molar-refractivity contribution in [3.05, 3.63) is 0 Å². The van der Waals surface area contributed by atoms with Crippen LogP contribution < -0.4 is 0 Å². The van der Waals surface area contributed by atoms with E-state index >= 15 is 0 Å². The van der Waals surface area contributed by atoms with Gasteiger partial charge in [0.05, 0.1) is 12.7 Å². The monoisotopic (exact) mass is 385 g/mol. The Balaban J connectivity index is 2.34. The lowest BCUT2D eigenvalue weighted by molar-refractivity contribution is -0.152. The van der Waals surface area contributed by atoms with Crippen molar-refractivity contribution < 1.29 is 13.0 Å². The van der Waals surface area contributed by atoms with E-state index in [2.05, 4.69) is 9.91 Å². The van der Waals surface area contributed by atoms with Gasteiger partial charge in [0.2, 0.25) is 5.91 Å². The van der Waals surface area contributed by atoms with Crippen LogP contribution in [-0.4, -0.2) is 78.4 Å². The Hall–Kier alpha value is 0.0400. The molecule has 1 aliphatic rings. The second-order valence-electron chi connectivity index (χ2n) is 5.20. The summed E-state index contributed by atoms with van der Waals surface area (Å²) in [7, 11) is 1.83. The number of carbonyl (C=O) groups is 1. The fourth-order valence-corrected chi connectivity index (χ4v) is 2.57. The molecule has 6 nitrogen and oxygen atoms in total. The van der Waals surface area contributed by atoms with Crippen molar-refractivity contribution in [1.82, 2.24) is 14.9 Å². The van der Waals surface area contributed by atoms with E-state index in [1.54, 1.807) is 28.0 Å². The summed E-state index contributed by atoms with van der Waals surface area (Å²) in [5.74, 6) is 0.164. The summed E-state index contributed by atoms with van der Waals surface area (Å²) in [5, 5.41) is 13.5. The molecule has 0 radical (unpaired) electrons. The van der Waals surface area contributed by atoms with Crippen LogP contribution in [0, 0.1) is 5.92 Å². The Kier molecular flexibility index (Phi) is 7.52. The van der Waals surface area contributed by atoms with Gasteiger partial charge in [-0.3, -0.25) is 14.7 Å². The van der Waals surface area contributed by atoms with Gasteiger partial charge >= 0.3 is 0 Å². The number of aliphatic hydroxyl groups is 1. The fraction of sp³-hybridized carbons (Fsp3) is 0.917. The minimum Gasteiger partial charge on any atom is -0.389 e. The van der Waals surface area contributed by atoms with Crippen LogP contribution in [0.3, 0.4) is 0 Å². The van der Waals surface area contributed by atoms with Crippen LogP contribution in [0.25, 0.3) is 0 Å². The van der Waals surface area contributed by atoms with Gasteiger partial charge in [-0.15, -0.1) is 0 Å². The molecule has 0 aliphatic carbocycles. The van der Waals surface area contributed by atoms with Crippen molar-refractivity contribution in [1.29, 1.82) is 0 Å². The van der Waals surface area contributed by atoms with E-state index < -0.39 is 6.10 Å². The Morgan fingerprint density at radius 1 is 1.37 bits per heavy atom. The number of piperazine rings is 1. The predicted octanol–water partition coefficient (Wildman–Crippen LogP) is 0.361. The largest absolute Gasteiger partial charge is 0.389 e.